The molecule has 0 aromatic heterocycles. The second-order valence-corrected chi connectivity index (χ2v) is 8.96. The summed E-state index contributed by atoms with van der Waals surface area (Å²) in [5.74, 6) is 1.63. The molecule has 2 unspecified atom stereocenters. The van der Waals surface area contributed by atoms with Gasteiger partial charge >= 0.3 is 0 Å². The van der Waals surface area contributed by atoms with Crippen LogP contribution < -0.4 is 9.47 Å². The van der Waals surface area contributed by atoms with Crippen LogP contribution in [0.4, 0.5) is 5.69 Å². The summed E-state index contributed by atoms with van der Waals surface area (Å²) in [5, 5.41) is 2.12. The Hall–Kier alpha value is -2.75. The Morgan fingerprint density at radius 2 is 1.93 bits per heavy atom. The van der Waals surface area contributed by atoms with E-state index in [4.69, 9.17) is 14.5 Å². The fourth-order valence-corrected chi connectivity index (χ4v) is 5.38. The van der Waals surface area contributed by atoms with Crippen molar-refractivity contribution in [3.05, 3.63) is 54.3 Å². The Bertz CT molecular complexity index is 1100. The predicted molar refractivity (Wildman–Crippen MR) is 118 cm³/mol. The van der Waals surface area contributed by atoms with Crippen LogP contribution in [0.5, 0.6) is 11.5 Å². The molecule has 2 atom stereocenters. The minimum Gasteiger partial charge on any atom is -0.493 e. The number of rotatable bonds is 2. The van der Waals surface area contributed by atoms with E-state index in [9.17, 15) is 0 Å². The maximum absolute atomic E-state index is 6.89. The van der Waals surface area contributed by atoms with Gasteiger partial charge in [-0.05, 0) is 19.4 Å². The largest absolute Gasteiger partial charge is 0.493 e. The Morgan fingerprint density at radius 1 is 1.17 bits per heavy atom. The molecule has 2 aromatic carbocycles. The fourth-order valence-electron chi connectivity index (χ4n) is 5.38. The zero-order chi connectivity index (χ0) is 20.4. The van der Waals surface area contributed by atoms with Crippen molar-refractivity contribution in [1.29, 1.82) is 0 Å². The van der Waals surface area contributed by atoms with Crippen molar-refractivity contribution < 1.29 is 9.47 Å². The molecule has 3 aliphatic rings. The van der Waals surface area contributed by atoms with Gasteiger partial charge in [-0.1, -0.05) is 57.2 Å². The van der Waals surface area contributed by atoms with Gasteiger partial charge in [0.15, 0.2) is 5.75 Å². The van der Waals surface area contributed by atoms with E-state index in [0.717, 1.165) is 34.4 Å². The molecular weight excluding hydrogens is 360 g/mol. The third kappa shape index (κ3) is 2.12. The molecule has 1 spiro atoms. The average Bonchev–Trinajstić information content (AvgIpc) is 2.84. The quantitative estimate of drug-likeness (QED) is 0.647. The van der Waals surface area contributed by atoms with E-state index in [1.54, 1.807) is 0 Å². The van der Waals surface area contributed by atoms with Gasteiger partial charge in [0.25, 0.3) is 0 Å². The molecule has 1 saturated heterocycles. The molecule has 2 aliphatic heterocycles. The topological polar surface area (TPSA) is 34.1 Å². The molecule has 0 bridgehead atoms. The third-order valence-corrected chi connectivity index (χ3v) is 7.49. The lowest BCUT2D eigenvalue weighted by Gasteiger charge is -2.47. The molecule has 0 radical (unpaired) electrons. The van der Waals surface area contributed by atoms with Crippen molar-refractivity contribution in [3.8, 4) is 11.5 Å². The maximum Gasteiger partial charge on any atom is 0.225 e. The summed E-state index contributed by atoms with van der Waals surface area (Å²) < 4.78 is 12.9. The van der Waals surface area contributed by atoms with E-state index in [1.807, 2.05) is 31.3 Å². The molecule has 2 heterocycles. The number of fused-ring (bicyclic) bond motifs is 4. The molecule has 1 fully saturated rings. The van der Waals surface area contributed by atoms with Gasteiger partial charge in [-0.15, -0.1) is 0 Å². The lowest BCUT2D eigenvalue weighted by Crippen LogP contribution is -2.58. The van der Waals surface area contributed by atoms with E-state index in [0.29, 0.717) is 6.61 Å². The smallest absolute Gasteiger partial charge is 0.225 e. The summed E-state index contributed by atoms with van der Waals surface area (Å²) in [6.45, 7) is 9.55. The second-order valence-electron chi connectivity index (χ2n) is 8.96. The SMILES string of the molecule is CCOc1cc2c(c3ccccc13)N=CC1(O2)N(C)C2=CC=CCC2(C)C1(C)C. The highest BCUT2D eigenvalue weighted by Gasteiger charge is 2.68. The van der Waals surface area contributed by atoms with Gasteiger partial charge in [0.05, 0.1) is 12.8 Å². The first-order valence-corrected chi connectivity index (χ1v) is 10.4. The van der Waals surface area contributed by atoms with Gasteiger partial charge < -0.3 is 14.4 Å². The van der Waals surface area contributed by atoms with Crippen LogP contribution in [0.2, 0.25) is 0 Å². The molecule has 0 amide bonds. The monoisotopic (exact) mass is 388 g/mol. The molecular formula is C25H28N2O2. The Balaban J connectivity index is 1.71. The van der Waals surface area contributed by atoms with Crippen LogP contribution in [0.1, 0.15) is 34.1 Å². The van der Waals surface area contributed by atoms with Crippen LogP contribution in [0.3, 0.4) is 0 Å². The van der Waals surface area contributed by atoms with E-state index in [1.165, 1.54) is 5.70 Å². The third-order valence-electron chi connectivity index (χ3n) is 7.49. The molecule has 0 saturated carbocycles. The number of likely N-dealkylation sites (tertiary alicyclic amines) is 1. The molecule has 5 rings (SSSR count). The molecule has 2 aromatic rings. The van der Waals surface area contributed by atoms with Crippen molar-refractivity contribution >= 4 is 22.7 Å². The van der Waals surface area contributed by atoms with Crippen LogP contribution in [0.15, 0.2) is 59.2 Å². The molecule has 29 heavy (non-hydrogen) atoms. The van der Waals surface area contributed by atoms with Crippen molar-refractivity contribution in [3.63, 3.8) is 0 Å². The van der Waals surface area contributed by atoms with Gasteiger partial charge in [0.2, 0.25) is 5.72 Å². The van der Waals surface area contributed by atoms with E-state index in [2.05, 4.69) is 63.1 Å². The summed E-state index contributed by atoms with van der Waals surface area (Å²) in [4.78, 5) is 7.27. The van der Waals surface area contributed by atoms with Gasteiger partial charge in [-0.3, -0.25) is 4.99 Å². The predicted octanol–water partition coefficient (Wildman–Crippen LogP) is 5.85. The number of ether oxygens (including phenoxy) is 2. The van der Waals surface area contributed by atoms with Crippen LogP contribution in [-0.2, 0) is 0 Å². The van der Waals surface area contributed by atoms with Crippen molar-refractivity contribution in [2.45, 2.75) is 39.8 Å². The normalized spacial score (nSPS) is 28.9. The lowest BCUT2D eigenvalue weighted by molar-refractivity contribution is -0.0641. The first-order valence-electron chi connectivity index (χ1n) is 10.4. The second kappa shape index (κ2) is 5.88. The van der Waals surface area contributed by atoms with Crippen molar-refractivity contribution in [1.82, 2.24) is 4.90 Å². The Labute approximate surface area is 172 Å². The fraction of sp³-hybridized carbons (Fsp3) is 0.400. The Kier molecular flexibility index (Phi) is 3.71. The number of nitrogens with zero attached hydrogens (tertiary/aromatic N) is 2. The summed E-state index contributed by atoms with van der Waals surface area (Å²) in [5.41, 5.74) is 1.30. The minimum absolute atomic E-state index is 0.0282. The number of benzene rings is 2. The zero-order valence-corrected chi connectivity index (χ0v) is 17.8. The number of hydrogen-bond donors (Lipinski definition) is 0. The number of allylic oxidation sites excluding steroid dienone is 4. The standard InChI is InChI=1S/C25H28N2O2/c1-6-28-19-15-20-22(18-12-8-7-11-17(18)19)26-16-25(29-20)23(2,3)24(4)14-10-9-13-21(24)27(25)5/h7-13,15-16H,6,14H2,1-5H3. The van der Waals surface area contributed by atoms with Gasteiger partial charge in [-0.2, -0.15) is 0 Å². The van der Waals surface area contributed by atoms with Gasteiger partial charge in [-0.25, -0.2) is 0 Å². The van der Waals surface area contributed by atoms with E-state index >= 15 is 0 Å². The Morgan fingerprint density at radius 3 is 2.66 bits per heavy atom. The highest BCUT2D eigenvalue weighted by Crippen LogP contribution is 2.64. The summed E-state index contributed by atoms with van der Waals surface area (Å²) >= 11 is 0. The first-order chi connectivity index (χ1) is 13.9. The number of aliphatic imine (C=N–C) groups is 1. The molecule has 150 valence electrons. The maximum atomic E-state index is 6.89. The summed E-state index contributed by atoms with van der Waals surface area (Å²) in [6.07, 6.45) is 9.64. The van der Waals surface area contributed by atoms with Crippen LogP contribution in [0, 0.1) is 10.8 Å². The summed E-state index contributed by atoms with van der Waals surface area (Å²) in [6, 6.07) is 10.3. The molecule has 1 aliphatic carbocycles. The van der Waals surface area contributed by atoms with E-state index in [-0.39, 0.29) is 10.8 Å². The van der Waals surface area contributed by atoms with E-state index < -0.39 is 5.72 Å². The van der Waals surface area contributed by atoms with Crippen LogP contribution in [0.25, 0.3) is 10.8 Å². The van der Waals surface area contributed by atoms with Crippen molar-refractivity contribution in [2.75, 3.05) is 13.7 Å². The highest BCUT2D eigenvalue weighted by molar-refractivity contribution is 6.02. The average molecular weight is 389 g/mol. The molecule has 4 nitrogen and oxygen atoms in total. The molecule has 4 heteroatoms. The summed E-state index contributed by atoms with van der Waals surface area (Å²) in [7, 11) is 2.12. The highest BCUT2D eigenvalue weighted by atomic mass is 16.5. The number of hydrogen-bond acceptors (Lipinski definition) is 4. The minimum atomic E-state index is -0.654. The van der Waals surface area contributed by atoms with Crippen LogP contribution >= 0.6 is 0 Å². The van der Waals surface area contributed by atoms with Crippen LogP contribution in [-0.4, -0.2) is 30.5 Å². The van der Waals surface area contributed by atoms with Crippen molar-refractivity contribution in [2.24, 2.45) is 15.8 Å². The molecule has 0 N–H and O–H groups in total. The zero-order valence-electron chi connectivity index (χ0n) is 17.8. The van der Waals surface area contributed by atoms with Gasteiger partial charge in [0.1, 0.15) is 11.4 Å². The lowest BCUT2D eigenvalue weighted by atomic mass is 9.61. The first kappa shape index (κ1) is 18.3. The van der Waals surface area contributed by atoms with Gasteiger partial charge in [0, 0.05) is 40.4 Å².